The second-order valence-electron chi connectivity index (χ2n) is 6.80. The van der Waals surface area contributed by atoms with E-state index >= 15 is 0 Å². The number of para-hydroxylation sites is 1. The highest BCUT2D eigenvalue weighted by Gasteiger charge is 2.40. The molecule has 0 radical (unpaired) electrons. The summed E-state index contributed by atoms with van der Waals surface area (Å²) < 4.78 is 0. The van der Waals surface area contributed by atoms with Crippen LogP contribution in [0.1, 0.15) is 45.4 Å². The molecule has 0 spiro atoms. The quantitative estimate of drug-likeness (QED) is 0.876. The van der Waals surface area contributed by atoms with Crippen LogP contribution in [-0.4, -0.2) is 16.7 Å². The van der Waals surface area contributed by atoms with Gasteiger partial charge in [0.1, 0.15) is 0 Å². The molecule has 2 heteroatoms. The molecule has 2 nitrogen and oxygen atoms in total. The molecule has 0 amide bonds. The largest absolute Gasteiger partial charge is 0.386 e. The van der Waals surface area contributed by atoms with Gasteiger partial charge in [-0.25, -0.2) is 0 Å². The zero-order valence-electron chi connectivity index (χ0n) is 13.0. The van der Waals surface area contributed by atoms with E-state index < -0.39 is 6.10 Å². The highest BCUT2D eigenvalue weighted by molar-refractivity contribution is 5.61. The number of benzene rings is 2. The number of aliphatic hydroxyl groups excluding tert-OH is 1. The van der Waals surface area contributed by atoms with Crippen LogP contribution in [0.5, 0.6) is 0 Å². The lowest BCUT2D eigenvalue weighted by molar-refractivity contribution is 0.136. The first-order chi connectivity index (χ1) is 9.98. The molecule has 2 unspecified atom stereocenters. The summed E-state index contributed by atoms with van der Waals surface area (Å²) in [6.45, 7) is 6.62. The van der Waals surface area contributed by atoms with E-state index in [0.29, 0.717) is 0 Å². The standard InChI is InChI=1S/C19H23NO.CH4/c1-19(2,3)20-16-12-8-7-11-15(16)13-17(20)18(21)14-9-5-4-6-10-14;/h4-12,17-18,21H,13H2,1-3H3;1H4. The van der Waals surface area contributed by atoms with Crippen LogP contribution in [0, 0.1) is 0 Å². The maximum atomic E-state index is 10.9. The van der Waals surface area contributed by atoms with Crippen molar-refractivity contribution in [2.45, 2.75) is 52.3 Å². The minimum Gasteiger partial charge on any atom is -0.386 e. The minimum atomic E-state index is -0.474. The van der Waals surface area contributed by atoms with Crippen LogP contribution >= 0.6 is 0 Å². The van der Waals surface area contributed by atoms with Crippen molar-refractivity contribution in [3.8, 4) is 0 Å². The van der Waals surface area contributed by atoms with Crippen LogP contribution in [0.3, 0.4) is 0 Å². The molecule has 0 bridgehead atoms. The summed E-state index contributed by atoms with van der Waals surface area (Å²) in [7, 11) is 0. The summed E-state index contributed by atoms with van der Waals surface area (Å²) in [6.07, 6.45) is 0.418. The molecule has 1 N–H and O–H groups in total. The van der Waals surface area contributed by atoms with Crippen molar-refractivity contribution in [2.24, 2.45) is 0 Å². The Bertz CT molecular complexity index is 615. The molecule has 0 fully saturated rings. The highest BCUT2D eigenvalue weighted by Crippen LogP contribution is 2.41. The molecule has 0 saturated heterocycles. The fourth-order valence-corrected chi connectivity index (χ4v) is 3.40. The van der Waals surface area contributed by atoms with Gasteiger partial charge in [-0.3, -0.25) is 0 Å². The molecule has 118 valence electrons. The van der Waals surface area contributed by atoms with Gasteiger partial charge in [0.15, 0.2) is 0 Å². The van der Waals surface area contributed by atoms with Gasteiger partial charge in [-0.2, -0.15) is 0 Å². The molecule has 3 rings (SSSR count). The average molecular weight is 297 g/mol. The third-order valence-corrected chi connectivity index (χ3v) is 4.24. The molecule has 1 heterocycles. The Balaban J connectivity index is 0.00000176. The van der Waals surface area contributed by atoms with Gasteiger partial charge in [-0.15, -0.1) is 0 Å². The van der Waals surface area contributed by atoms with Gasteiger partial charge in [0, 0.05) is 11.2 Å². The summed E-state index contributed by atoms with van der Waals surface area (Å²) in [6, 6.07) is 18.6. The van der Waals surface area contributed by atoms with Crippen molar-refractivity contribution in [3.63, 3.8) is 0 Å². The summed E-state index contributed by atoms with van der Waals surface area (Å²) in [5, 5.41) is 10.9. The van der Waals surface area contributed by atoms with Crippen molar-refractivity contribution in [3.05, 3.63) is 65.7 Å². The summed E-state index contributed by atoms with van der Waals surface area (Å²) in [5.41, 5.74) is 3.55. The number of anilines is 1. The van der Waals surface area contributed by atoms with Crippen molar-refractivity contribution < 1.29 is 5.11 Å². The SMILES string of the molecule is C.CC(C)(C)N1c2ccccc2CC1C(O)c1ccccc1. The molecule has 1 aliphatic rings. The van der Waals surface area contributed by atoms with Crippen molar-refractivity contribution >= 4 is 5.69 Å². The molecular formula is C20H27NO. The zero-order chi connectivity index (χ0) is 15.0. The van der Waals surface area contributed by atoms with Gasteiger partial charge in [0.25, 0.3) is 0 Å². The normalized spacial score (nSPS) is 18.5. The fourth-order valence-electron chi connectivity index (χ4n) is 3.40. The number of nitrogens with zero attached hydrogens (tertiary/aromatic N) is 1. The maximum absolute atomic E-state index is 10.9. The summed E-state index contributed by atoms with van der Waals surface area (Å²) in [5.74, 6) is 0. The Morgan fingerprint density at radius 1 is 1.00 bits per heavy atom. The third kappa shape index (κ3) is 2.89. The Morgan fingerprint density at radius 2 is 1.59 bits per heavy atom. The first-order valence-corrected chi connectivity index (χ1v) is 7.59. The number of rotatable bonds is 2. The van der Waals surface area contributed by atoms with E-state index in [9.17, 15) is 5.11 Å². The van der Waals surface area contributed by atoms with Crippen LogP contribution in [0.2, 0.25) is 0 Å². The van der Waals surface area contributed by atoms with Crippen molar-refractivity contribution in [1.82, 2.24) is 0 Å². The van der Waals surface area contributed by atoms with Gasteiger partial charge in [-0.1, -0.05) is 56.0 Å². The monoisotopic (exact) mass is 297 g/mol. The predicted octanol–water partition coefficient (Wildman–Crippen LogP) is 4.59. The van der Waals surface area contributed by atoms with Gasteiger partial charge in [0.2, 0.25) is 0 Å². The van der Waals surface area contributed by atoms with E-state index in [0.717, 1.165) is 12.0 Å². The Morgan fingerprint density at radius 3 is 2.23 bits per heavy atom. The van der Waals surface area contributed by atoms with Gasteiger partial charge in [0.05, 0.1) is 12.1 Å². The Kier molecular flexibility index (Phi) is 4.62. The molecule has 2 aromatic rings. The molecule has 1 aliphatic heterocycles. The molecule has 0 aromatic heterocycles. The van der Waals surface area contributed by atoms with Gasteiger partial charge < -0.3 is 10.0 Å². The number of hydrogen-bond donors (Lipinski definition) is 1. The maximum Gasteiger partial charge on any atom is 0.0996 e. The zero-order valence-corrected chi connectivity index (χ0v) is 13.0. The van der Waals surface area contributed by atoms with Crippen molar-refractivity contribution in [1.29, 1.82) is 0 Å². The van der Waals surface area contributed by atoms with Gasteiger partial charge in [-0.05, 0) is 44.4 Å². The fraction of sp³-hybridized carbons (Fsp3) is 0.400. The molecule has 2 aromatic carbocycles. The Labute approximate surface area is 134 Å². The molecule has 0 saturated carbocycles. The number of fused-ring (bicyclic) bond motifs is 1. The van der Waals surface area contributed by atoms with Crippen LogP contribution < -0.4 is 4.90 Å². The first kappa shape index (κ1) is 16.6. The van der Waals surface area contributed by atoms with E-state index in [1.54, 1.807) is 0 Å². The van der Waals surface area contributed by atoms with E-state index in [1.165, 1.54) is 11.3 Å². The lowest BCUT2D eigenvalue weighted by Crippen LogP contribution is -2.48. The first-order valence-electron chi connectivity index (χ1n) is 7.59. The average Bonchev–Trinajstić information content (AvgIpc) is 2.86. The van der Waals surface area contributed by atoms with E-state index in [1.807, 2.05) is 30.3 Å². The smallest absolute Gasteiger partial charge is 0.0996 e. The van der Waals surface area contributed by atoms with E-state index in [2.05, 4.69) is 49.9 Å². The lowest BCUT2D eigenvalue weighted by Gasteiger charge is -2.41. The lowest BCUT2D eigenvalue weighted by atomic mass is 9.96. The molecule has 2 atom stereocenters. The summed E-state index contributed by atoms with van der Waals surface area (Å²) in [4.78, 5) is 2.38. The molecule has 0 aliphatic carbocycles. The van der Waals surface area contributed by atoms with E-state index in [-0.39, 0.29) is 19.0 Å². The van der Waals surface area contributed by atoms with Gasteiger partial charge >= 0.3 is 0 Å². The molecular weight excluding hydrogens is 270 g/mol. The van der Waals surface area contributed by atoms with Crippen LogP contribution in [-0.2, 0) is 6.42 Å². The molecule has 22 heavy (non-hydrogen) atoms. The second kappa shape index (κ2) is 6.13. The van der Waals surface area contributed by atoms with E-state index in [4.69, 9.17) is 0 Å². The Hall–Kier alpha value is -1.80. The van der Waals surface area contributed by atoms with Crippen molar-refractivity contribution in [2.75, 3.05) is 4.90 Å². The predicted molar refractivity (Wildman–Crippen MR) is 94.3 cm³/mol. The number of aliphatic hydroxyl groups is 1. The topological polar surface area (TPSA) is 23.5 Å². The second-order valence-corrected chi connectivity index (χ2v) is 6.80. The number of hydrogen-bond acceptors (Lipinski definition) is 2. The van der Waals surface area contributed by atoms with Crippen LogP contribution in [0.4, 0.5) is 5.69 Å². The van der Waals surface area contributed by atoms with Crippen LogP contribution in [0.15, 0.2) is 54.6 Å². The summed E-state index contributed by atoms with van der Waals surface area (Å²) >= 11 is 0. The van der Waals surface area contributed by atoms with Crippen LogP contribution in [0.25, 0.3) is 0 Å². The third-order valence-electron chi connectivity index (χ3n) is 4.24. The minimum absolute atomic E-state index is 0. The highest BCUT2D eigenvalue weighted by atomic mass is 16.3.